The molecule has 2 nitrogen and oxygen atoms in total. The molecule has 1 fully saturated rings. The van der Waals surface area contributed by atoms with Crippen molar-refractivity contribution in [1.29, 1.82) is 0 Å². The van der Waals surface area contributed by atoms with Gasteiger partial charge in [0.25, 0.3) is 0 Å². The molecule has 5 atom stereocenters. The van der Waals surface area contributed by atoms with Crippen molar-refractivity contribution in [2.45, 2.75) is 65.2 Å². The second kappa shape index (κ2) is 5.78. The van der Waals surface area contributed by atoms with E-state index in [1.807, 2.05) is 11.3 Å². The van der Waals surface area contributed by atoms with Crippen molar-refractivity contribution in [2.24, 2.45) is 11.8 Å². The van der Waals surface area contributed by atoms with E-state index >= 15 is 0 Å². The zero-order chi connectivity index (χ0) is 15.1. The number of nitrogens with one attached hydrogen (secondary N) is 1. The monoisotopic (exact) mass is 295 g/mol. The molecule has 2 heterocycles. The van der Waals surface area contributed by atoms with Crippen LogP contribution in [0.1, 0.15) is 57.3 Å². The third-order valence-electron chi connectivity index (χ3n) is 4.69. The van der Waals surface area contributed by atoms with E-state index in [4.69, 9.17) is 4.74 Å². The van der Waals surface area contributed by atoms with Gasteiger partial charge in [-0.25, -0.2) is 0 Å². The quantitative estimate of drug-likeness (QED) is 0.894. The topological polar surface area (TPSA) is 21.3 Å². The number of thiophene rings is 1. The second-order valence-corrected chi connectivity index (χ2v) is 8.32. The Labute approximate surface area is 127 Å². The Hall–Kier alpha value is -0.380. The average molecular weight is 295 g/mol. The molecule has 1 saturated heterocycles. The van der Waals surface area contributed by atoms with Crippen LogP contribution in [0, 0.1) is 11.8 Å². The summed E-state index contributed by atoms with van der Waals surface area (Å²) in [5.74, 6) is 1.13. The summed E-state index contributed by atoms with van der Waals surface area (Å²) in [6.07, 6.45) is 0.672. The Bertz CT molecular complexity index is 448. The Morgan fingerprint density at radius 3 is 2.20 bits per heavy atom. The molecule has 1 N–H and O–H groups in total. The normalized spacial score (nSPS) is 32.5. The highest BCUT2D eigenvalue weighted by Gasteiger charge is 2.42. The predicted octanol–water partition coefficient (Wildman–Crippen LogP) is 4.37. The molecule has 0 radical (unpaired) electrons. The van der Waals surface area contributed by atoms with Gasteiger partial charge in [-0.05, 0) is 44.4 Å². The second-order valence-electron chi connectivity index (χ2n) is 7.20. The van der Waals surface area contributed by atoms with E-state index in [0.29, 0.717) is 30.1 Å². The first kappa shape index (κ1) is 16.0. The molecule has 2 rings (SSSR count). The molecule has 20 heavy (non-hydrogen) atoms. The molecule has 114 valence electrons. The van der Waals surface area contributed by atoms with E-state index in [9.17, 15) is 0 Å². The molecule has 0 aromatic carbocycles. The summed E-state index contributed by atoms with van der Waals surface area (Å²) in [5, 5.41) is 3.54. The van der Waals surface area contributed by atoms with Gasteiger partial charge in [0.2, 0.25) is 0 Å². The average Bonchev–Trinajstić information content (AvgIpc) is 2.91. The molecule has 0 bridgehead atoms. The van der Waals surface area contributed by atoms with Crippen LogP contribution in [0.3, 0.4) is 0 Å². The summed E-state index contributed by atoms with van der Waals surface area (Å²) in [6, 6.07) is 4.99. The fraction of sp³-hybridized carbons (Fsp3) is 0.765. The van der Waals surface area contributed by atoms with Gasteiger partial charge in [0.05, 0.1) is 12.2 Å². The van der Waals surface area contributed by atoms with Crippen LogP contribution in [0.5, 0.6) is 0 Å². The van der Waals surface area contributed by atoms with Gasteiger partial charge in [-0.15, -0.1) is 11.3 Å². The molecular weight excluding hydrogens is 266 g/mol. The minimum Gasteiger partial charge on any atom is -0.375 e. The Kier molecular flexibility index (Phi) is 4.63. The number of hydrogen-bond acceptors (Lipinski definition) is 3. The smallest absolute Gasteiger partial charge is 0.0600 e. The first-order chi connectivity index (χ1) is 9.25. The van der Waals surface area contributed by atoms with Crippen molar-refractivity contribution < 1.29 is 4.74 Å². The highest BCUT2D eigenvalue weighted by molar-refractivity contribution is 7.12. The van der Waals surface area contributed by atoms with Gasteiger partial charge in [-0.1, -0.05) is 27.7 Å². The van der Waals surface area contributed by atoms with Gasteiger partial charge in [0, 0.05) is 21.7 Å². The maximum absolute atomic E-state index is 6.03. The molecule has 3 heteroatoms. The summed E-state index contributed by atoms with van der Waals surface area (Å²) >= 11 is 1.95. The lowest BCUT2D eigenvalue weighted by Crippen LogP contribution is -2.32. The molecule has 1 aromatic heterocycles. The summed E-state index contributed by atoms with van der Waals surface area (Å²) in [5.41, 5.74) is 0.234. The van der Waals surface area contributed by atoms with Gasteiger partial charge in [-0.3, -0.25) is 0 Å². The first-order valence-corrected chi connectivity index (χ1v) is 8.50. The van der Waals surface area contributed by atoms with E-state index in [2.05, 4.69) is 66.0 Å². The van der Waals surface area contributed by atoms with Crippen LogP contribution in [0.15, 0.2) is 12.1 Å². The minimum atomic E-state index is 0.234. The van der Waals surface area contributed by atoms with Crippen LogP contribution < -0.4 is 5.32 Å². The maximum atomic E-state index is 6.03. The van der Waals surface area contributed by atoms with Crippen molar-refractivity contribution in [3.8, 4) is 0 Å². The summed E-state index contributed by atoms with van der Waals surface area (Å²) in [6.45, 7) is 13.6. The molecule has 0 saturated carbocycles. The van der Waals surface area contributed by atoms with Crippen LogP contribution in [0.25, 0.3) is 0 Å². The van der Waals surface area contributed by atoms with Gasteiger partial charge in [-0.2, -0.15) is 0 Å². The third-order valence-corrected chi connectivity index (χ3v) is 6.28. The molecule has 5 unspecified atom stereocenters. The zero-order valence-corrected chi connectivity index (χ0v) is 14.7. The van der Waals surface area contributed by atoms with Crippen molar-refractivity contribution in [2.75, 3.05) is 7.05 Å². The van der Waals surface area contributed by atoms with Gasteiger partial charge >= 0.3 is 0 Å². The first-order valence-electron chi connectivity index (χ1n) is 7.68. The standard InChI is InChI=1S/C17H29NOS/c1-10-11(2)19-12(3)15(10)16(18-7)13-8-9-14(20-13)17(4,5)6/h8-12,15-16,18H,1-7H3. The zero-order valence-electron chi connectivity index (χ0n) is 13.9. The number of rotatable bonds is 3. The van der Waals surface area contributed by atoms with Crippen molar-refractivity contribution in [3.05, 3.63) is 21.9 Å². The van der Waals surface area contributed by atoms with E-state index < -0.39 is 0 Å². The Morgan fingerprint density at radius 1 is 1.15 bits per heavy atom. The molecule has 1 aromatic rings. The number of hydrogen-bond donors (Lipinski definition) is 1. The molecule has 0 amide bonds. The van der Waals surface area contributed by atoms with Crippen LogP contribution >= 0.6 is 11.3 Å². The van der Waals surface area contributed by atoms with E-state index in [1.165, 1.54) is 9.75 Å². The Morgan fingerprint density at radius 2 is 1.80 bits per heavy atom. The fourth-order valence-electron chi connectivity index (χ4n) is 3.32. The molecule has 1 aliphatic rings. The predicted molar refractivity (Wildman–Crippen MR) is 87.5 cm³/mol. The lowest BCUT2D eigenvalue weighted by atomic mass is 9.83. The van der Waals surface area contributed by atoms with Crippen LogP contribution in [-0.4, -0.2) is 19.3 Å². The van der Waals surface area contributed by atoms with Crippen LogP contribution in [0.2, 0.25) is 0 Å². The maximum Gasteiger partial charge on any atom is 0.0600 e. The van der Waals surface area contributed by atoms with E-state index in [-0.39, 0.29) is 5.41 Å². The van der Waals surface area contributed by atoms with Crippen LogP contribution in [0.4, 0.5) is 0 Å². The Balaban J connectivity index is 2.26. The number of ether oxygens (including phenoxy) is 1. The molecule has 0 aliphatic carbocycles. The fourth-order valence-corrected chi connectivity index (χ4v) is 4.55. The van der Waals surface area contributed by atoms with Crippen LogP contribution in [-0.2, 0) is 10.2 Å². The summed E-state index contributed by atoms with van der Waals surface area (Å²) < 4.78 is 6.03. The lowest BCUT2D eigenvalue weighted by Gasteiger charge is -2.28. The molecule has 1 aliphatic heterocycles. The highest BCUT2D eigenvalue weighted by Crippen LogP contribution is 2.43. The summed E-state index contributed by atoms with van der Waals surface area (Å²) in [4.78, 5) is 2.90. The van der Waals surface area contributed by atoms with Crippen molar-refractivity contribution in [3.63, 3.8) is 0 Å². The molecule has 0 spiro atoms. The SMILES string of the molecule is CNC(c1ccc(C(C)(C)C)s1)C1C(C)OC(C)C1C. The van der Waals surface area contributed by atoms with Crippen molar-refractivity contribution in [1.82, 2.24) is 5.32 Å². The minimum absolute atomic E-state index is 0.234. The largest absolute Gasteiger partial charge is 0.375 e. The highest BCUT2D eigenvalue weighted by atomic mass is 32.1. The summed E-state index contributed by atoms with van der Waals surface area (Å²) in [7, 11) is 2.07. The lowest BCUT2D eigenvalue weighted by molar-refractivity contribution is 0.0479. The van der Waals surface area contributed by atoms with Gasteiger partial charge < -0.3 is 10.1 Å². The van der Waals surface area contributed by atoms with Gasteiger partial charge in [0.15, 0.2) is 0 Å². The van der Waals surface area contributed by atoms with E-state index in [0.717, 1.165) is 0 Å². The van der Waals surface area contributed by atoms with Crippen molar-refractivity contribution >= 4 is 11.3 Å². The third kappa shape index (κ3) is 2.95. The van der Waals surface area contributed by atoms with E-state index in [1.54, 1.807) is 0 Å². The molecular formula is C17H29NOS. The van der Waals surface area contributed by atoms with Gasteiger partial charge in [0.1, 0.15) is 0 Å².